The minimum atomic E-state index is -0.887. The summed E-state index contributed by atoms with van der Waals surface area (Å²) in [5.74, 6) is -0.887. The minimum absolute atomic E-state index is 0.353. The molecule has 1 aromatic heterocycles. The molecular formula is C16H12INO2. The van der Waals surface area contributed by atoms with Crippen LogP contribution in [0.4, 0.5) is 0 Å². The zero-order valence-electron chi connectivity index (χ0n) is 10.6. The van der Waals surface area contributed by atoms with Crippen LogP contribution in [0.25, 0.3) is 10.9 Å². The number of para-hydroxylation sites is 1. The molecule has 0 saturated heterocycles. The predicted molar refractivity (Wildman–Crippen MR) is 87.2 cm³/mol. The van der Waals surface area contributed by atoms with Crippen LogP contribution in [0.1, 0.15) is 15.9 Å². The summed E-state index contributed by atoms with van der Waals surface area (Å²) in [6.45, 7) is 0.671. The van der Waals surface area contributed by atoms with Gasteiger partial charge >= 0.3 is 5.97 Å². The molecule has 0 aliphatic carbocycles. The summed E-state index contributed by atoms with van der Waals surface area (Å²) in [6.07, 6.45) is 1.71. The van der Waals surface area contributed by atoms with E-state index >= 15 is 0 Å². The van der Waals surface area contributed by atoms with Crippen LogP contribution in [-0.4, -0.2) is 15.6 Å². The molecule has 0 saturated carbocycles. The van der Waals surface area contributed by atoms with Gasteiger partial charge in [-0.05, 0) is 46.4 Å². The van der Waals surface area contributed by atoms with Crippen LogP contribution in [0.5, 0.6) is 0 Å². The smallest absolute Gasteiger partial charge is 0.337 e. The van der Waals surface area contributed by atoms with Gasteiger partial charge in [-0.2, -0.15) is 0 Å². The lowest BCUT2D eigenvalue weighted by atomic mass is 10.2. The number of aromatic carboxylic acids is 1. The predicted octanol–water partition coefficient (Wildman–Crippen LogP) is 3.99. The van der Waals surface area contributed by atoms with Gasteiger partial charge < -0.3 is 9.67 Å². The average molecular weight is 377 g/mol. The molecule has 0 aliphatic heterocycles. The third-order valence-corrected chi connectivity index (χ3v) is 4.00. The van der Waals surface area contributed by atoms with E-state index < -0.39 is 5.97 Å². The number of fused-ring (bicyclic) bond motifs is 1. The van der Waals surface area contributed by atoms with Crippen LogP contribution in [0.2, 0.25) is 0 Å². The molecule has 3 nitrogen and oxygen atoms in total. The number of carbonyl (C=O) groups is 1. The topological polar surface area (TPSA) is 42.2 Å². The zero-order valence-corrected chi connectivity index (χ0v) is 12.7. The normalized spacial score (nSPS) is 10.8. The second-order valence-corrected chi connectivity index (χ2v) is 5.87. The van der Waals surface area contributed by atoms with Crippen molar-refractivity contribution in [3.63, 3.8) is 0 Å². The Morgan fingerprint density at radius 1 is 1.10 bits per heavy atom. The number of hydrogen-bond acceptors (Lipinski definition) is 1. The molecule has 1 N–H and O–H groups in total. The van der Waals surface area contributed by atoms with Crippen LogP contribution in [-0.2, 0) is 6.54 Å². The fourth-order valence-electron chi connectivity index (χ4n) is 2.33. The summed E-state index contributed by atoms with van der Waals surface area (Å²) < 4.78 is 3.18. The van der Waals surface area contributed by atoms with Crippen molar-refractivity contribution in [3.8, 4) is 0 Å². The standard InChI is InChI=1S/C16H12INO2/c17-12-7-5-11(6-8-12)9-18-10-14(16(19)20)13-3-1-2-4-15(13)18/h1-8,10H,9H2,(H,19,20). The highest BCUT2D eigenvalue weighted by atomic mass is 127. The molecular weight excluding hydrogens is 365 g/mol. The number of carboxylic acids is 1. The maximum absolute atomic E-state index is 11.3. The number of benzene rings is 2. The van der Waals surface area contributed by atoms with Gasteiger partial charge in [0.2, 0.25) is 0 Å². The van der Waals surface area contributed by atoms with Gasteiger partial charge in [-0.15, -0.1) is 0 Å². The molecule has 4 heteroatoms. The van der Waals surface area contributed by atoms with Crippen molar-refractivity contribution in [1.29, 1.82) is 0 Å². The summed E-state index contributed by atoms with van der Waals surface area (Å²) >= 11 is 2.27. The van der Waals surface area contributed by atoms with Gasteiger partial charge in [0.15, 0.2) is 0 Å². The average Bonchev–Trinajstić information content (AvgIpc) is 2.81. The Hall–Kier alpha value is -1.82. The number of nitrogens with zero attached hydrogens (tertiary/aromatic N) is 1. The highest BCUT2D eigenvalue weighted by Gasteiger charge is 2.13. The maximum atomic E-state index is 11.3. The zero-order chi connectivity index (χ0) is 14.1. The highest BCUT2D eigenvalue weighted by Crippen LogP contribution is 2.22. The third-order valence-electron chi connectivity index (χ3n) is 3.29. The molecule has 3 rings (SSSR count). The monoisotopic (exact) mass is 377 g/mol. The fraction of sp³-hybridized carbons (Fsp3) is 0.0625. The Morgan fingerprint density at radius 2 is 1.80 bits per heavy atom. The number of rotatable bonds is 3. The molecule has 1 heterocycles. The first-order valence-corrected chi connectivity index (χ1v) is 7.28. The van der Waals surface area contributed by atoms with Crippen molar-refractivity contribution in [3.05, 3.63) is 69.4 Å². The molecule has 0 aliphatic rings. The van der Waals surface area contributed by atoms with Gasteiger partial charge in [0.25, 0.3) is 0 Å². The lowest BCUT2D eigenvalue weighted by molar-refractivity contribution is 0.0699. The van der Waals surface area contributed by atoms with Crippen molar-refractivity contribution < 1.29 is 9.90 Å². The molecule has 0 radical (unpaired) electrons. The first kappa shape index (κ1) is 13.2. The number of aromatic nitrogens is 1. The lowest BCUT2D eigenvalue weighted by Crippen LogP contribution is -1.98. The second-order valence-electron chi connectivity index (χ2n) is 4.62. The summed E-state index contributed by atoms with van der Waals surface area (Å²) in [4.78, 5) is 11.3. The Balaban J connectivity index is 2.07. The van der Waals surface area contributed by atoms with E-state index in [4.69, 9.17) is 0 Å². The van der Waals surface area contributed by atoms with Gasteiger partial charge in [-0.3, -0.25) is 0 Å². The molecule has 2 aromatic carbocycles. The lowest BCUT2D eigenvalue weighted by Gasteiger charge is -2.05. The SMILES string of the molecule is O=C(O)c1cn(Cc2ccc(I)cc2)c2ccccc12. The number of hydrogen-bond donors (Lipinski definition) is 1. The minimum Gasteiger partial charge on any atom is -0.478 e. The molecule has 20 heavy (non-hydrogen) atoms. The van der Waals surface area contributed by atoms with Gasteiger partial charge in [0.05, 0.1) is 5.56 Å². The first-order valence-electron chi connectivity index (χ1n) is 6.21. The van der Waals surface area contributed by atoms with Crippen molar-refractivity contribution in [2.24, 2.45) is 0 Å². The van der Waals surface area contributed by atoms with Crippen LogP contribution in [0.3, 0.4) is 0 Å². The molecule has 3 aromatic rings. The van der Waals surface area contributed by atoms with Gasteiger partial charge in [0, 0.05) is 27.2 Å². The summed E-state index contributed by atoms with van der Waals surface area (Å²) in [5, 5.41) is 10.1. The van der Waals surface area contributed by atoms with Gasteiger partial charge in [0.1, 0.15) is 0 Å². The Bertz CT molecular complexity index is 775. The Labute approximate surface area is 130 Å². The maximum Gasteiger partial charge on any atom is 0.337 e. The number of halogens is 1. The van der Waals surface area contributed by atoms with Gasteiger partial charge in [-0.1, -0.05) is 30.3 Å². The summed E-state index contributed by atoms with van der Waals surface area (Å²) in [6, 6.07) is 15.8. The number of carboxylic acid groups (broad SMARTS) is 1. The van der Waals surface area contributed by atoms with E-state index in [0.29, 0.717) is 12.1 Å². The Morgan fingerprint density at radius 3 is 2.50 bits per heavy atom. The van der Waals surface area contributed by atoms with Crippen LogP contribution >= 0.6 is 22.6 Å². The van der Waals surface area contributed by atoms with E-state index in [1.807, 2.05) is 28.8 Å². The van der Waals surface area contributed by atoms with E-state index in [0.717, 1.165) is 16.5 Å². The van der Waals surface area contributed by atoms with E-state index in [1.165, 1.54) is 3.57 Å². The molecule has 0 unspecified atom stereocenters. The van der Waals surface area contributed by atoms with Crippen molar-refractivity contribution in [2.75, 3.05) is 0 Å². The molecule has 0 fully saturated rings. The summed E-state index contributed by atoms with van der Waals surface area (Å²) in [7, 11) is 0. The quantitative estimate of drug-likeness (QED) is 0.702. The van der Waals surface area contributed by atoms with E-state index in [2.05, 4.69) is 46.9 Å². The molecule has 0 amide bonds. The summed E-state index contributed by atoms with van der Waals surface area (Å²) in [5.41, 5.74) is 2.46. The largest absolute Gasteiger partial charge is 0.478 e. The molecule has 0 atom stereocenters. The van der Waals surface area contributed by atoms with E-state index in [9.17, 15) is 9.90 Å². The molecule has 100 valence electrons. The van der Waals surface area contributed by atoms with Crippen molar-refractivity contribution in [2.45, 2.75) is 6.54 Å². The van der Waals surface area contributed by atoms with Crippen molar-refractivity contribution in [1.82, 2.24) is 4.57 Å². The fourth-order valence-corrected chi connectivity index (χ4v) is 2.69. The first-order chi connectivity index (χ1) is 9.65. The third kappa shape index (κ3) is 2.43. The van der Waals surface area contributed by atoms with Crippen LogP contribution < -0.4 is 0 Å². The second kappa shape index (κ2) is 5.28. The Kier molecular flexibility index (Phi) is 3.48. The molecule has 0 spiro atoms. The molecule has 0 bridgehead atoms. The van der Waals surface area contributed by atoms with Crippen molar-refractivity contribution >= 4 is 39.5 Å². The van der Waals surface area contributed by atoms with Crippen LogP contribution in [0, 0.1) is 3.57 Å². The van der Waals surface area contributed by atoms with Gasteiger partial charge in [-0.25, -0.2) is 4.79 Å². The van der Waals surface area contributed by atoms with E-state index in [-0.39, 0.29) is 0 Å². The van der Waals surface area contributed by atoms with E-state index in [1.54, 1.807) is 6.20 Å². The van der Waals surface area contributed by atoms with Crippen LogP contribution in [0.15, 0.2) is 54.7 Å². The highest BCUT2D eigenvalue weighted by molar-refractivity contribution is 14.1.